The molecule has 0 radical (unpaired) electrons. The van der Waals surface area contributed by atoms with Crippen LogP contribution in [-0.4, -0.2) is 64.0 Å². The van der Waals surface area contributed by atoms with Gasteiger partial charge in [-0.15, -0.1) is 8.78 Å². The van der Waals surface area contributed by atoms with Crippen LogP contribution in [0.4, 0.5) is 22.7 Å². The van der Waals surface area contributed by atoms with Crippen molar-refractivity contribution in [2.45, 2.75) is 43.6 Å². The van der Waals surface area contributed by atoms with Crippen LogP contribution in [-0.2, 0) is 4.79 Å². The Balaban J connectivity index is 1.31. The number of aliphatic hydroxyl groups excluding tert-OH is 2. The first-order chi connectivity index (χ1) is 17.9. The van der Waals surface area contributed by atoms with E-state index in [1.165, 1.54) is 18.2 Å². The second kappa shape index (κ2) is 9.48. The number of piperidine rings is 1. The van der Waals surface area contributed by atoms with Crippen molar-refractivity contribution in [3.63, 3.8) is 0 Å². The van der Waals surface area contributed by atoms with Gasteiger partial charge in [-0.3, -0.25) is 9.69 Å². The number of nitrogens with one attached hydrogen (secondary N) is 1. The number of amides is 1. The molecule has 0 spiro atoms. The van der Waals surface area contributed by atoms with Crippen LogP contribution in [0.25, 0.3) is 10.2 Å². The third kappa shape index (κ3) is 4.93. The van der Waals surface area contributed by atoms with Gasteiger partial charge in [-0.1, -0.05) is 11.3 Å². The maximum Gasteiger partial charge on any atom is 0.586 e. The van der Waals surface area contributed by atoms with Gasteiger partial charge in [-0.2, -0.15) is 4.73 Å². The van der Waals surface area contributed by atoms with E-state index in [2.05, 4.69) is 19.8 Å². The Morgan fingerprint density at radius 2 is 2.03 bits per heavy atom. The molecular formula is C23H22F4N4O6S. The van der Waals surface area contributed by atoms with E-state index in [1.54, 1.807) is 11.8 Å². The number of benzene rings is 1. The number of hydrogen-bond acceptors (Lipinski definition) is 9. The Kier molecular flexibility index (Phi) is 6.57. The number of nitrogens with zero attached hydrogens (tertiary/aromatic N) is 3. The minimum Gasteiger partial charge on any atom is -0.618 e. The van der Waals surface area contributed by atoms with E-state index in [4.69, 9.17) is 0 Å². The Morgan fingerprint density at radius 3 is 2.74 bits per heavy atom. The standard InChI is InChI=1S/C23H22F4N4O6S/c1-11(20(34)29-21-28-14-7-17-18(8-19(14)38-21)37-23(26,27)36-17)30-5-3-22(24,25)13(9-30)12-2-4-31(35)15(6-12)16(33)10-32/h2,4,6-8,11,13,16,32-33H,3,5,9-10H2,1H3,(H,28,29,34)/t11-,13+,16+/m0/s1. The van der Waals surface area contributed by atoms with E-state index in [9.17, 15) is 37.8 Å². The summed E-state index contributed by atoms with van der Waals surface area (Å²) in [6.45, 7) is 0.513. The number of halogens is 4. The van der Waals surface area contributed by atoms with Gasteiger partial charge in [0.1, 0.15) is 0 Å². The summed E-state index contributed by atoms with van der Waals surface area (Å²) < 4.78 is 66.0. The average Bonchev–Trinajstić information content (AvgIpc) is 3.38. The SMILES string of the molecule is C[C@@H](C(=O)Nc1nc2cc3c(cc2s1)OC(F)(F)O3)N1CCC(F)(F)[C@@H](c2cc[n+]([O-])c([C@H](O)CO)c2)C1. The van der Waals surface area contributed by atoms with Gasteiger partial charge in [0.2, 0.25) is 11.6 Å². The normalized spacial score (nSPS) is 21.8. The maximum absolute atomic E-state index is 14.9. The number of carbonyl (C=O) groups is 1. The number of aromatic nitrogens is 2. The van der Waals surface area contributed by atoms with Crippen LogP contribution in [0.15, 0.2) is 30.5 Å². The second-order valence-corrected chi connectivity index (χ2v) is 10.1. The molecule has 3 N–H and O–H groups in total. The number of anilines is 1. The lowest BCUT2D eigenvalue weighted by atomic mass is 9.86. The van der Waals surface area contributed by atoms with Gasteiger partial charge < -0.3 is 30.2 Å². The molecular weight excluding hydrogens is 536 g/mol. The molecule has 0 unspecified atom stereocenters. The number of carbonyl (C=O) groups excluding carboxylic acids is 1. The first-order valence-corrected chi connectivity index (χ1v) is 12.3. The van der Waals surface area contributed by atoms with Crippen molar-refractivity contribution in [3.05, 3.63) is 46.9 Å². The van der Waals surface area contributed by atoms with Crippen molar-refractivity contribution < 1.29 is 46.8 Å². The monoisotopic (exact) mass is 558 g/mol. The minimum absolute atomic E-state index is 0.0753. The summed E-state index contributed by atoms with van der Waals surface area (Å²) in [6.07, 6.45) is -4.85. The molecule has 15 heteroatoms. The highest BCUT2D eigenvalue weighted by molar-refractivity contribution is 7.22. The number of likely N-dealkylation sites (tertiary alicyclic amines) is 1. The van der Waals surface area contributed by atoms with E-state index < -0.39 is 49.2 Å². The average molecular weight is 559 g/mol. The number of rotatable bonds is 6. The number of aliphatic hydroxyl groups is 2. The van der Waals surface area contributed by atoms with E-state index in [0.29, 0.717) is 14.9 Å². The molecule has 1 saturated heterocycles. The molecule has 0 aliphatic carbocycles. The molecule has 3 aromatic rings. The summed E-state index contributed by atoms with van der Waals surface area (Å²) in [7, 11) is 0. The lowest BCUT2D eigenvalue weighted by Crippen LogP contribution is -2.52. The van der Waals surface area contributed by atoms with Crippen molar-refractivity contribution in [2.24, 2.45) is 0 Å². The first kappa shape index (κ1) is 26.3. The maximum atomic E-state index is 14.9. The van der Waals surface area contributed by atoms with Crippen LogP contribution < -0.4 is 19.5 Å². The van der Waals surface area contributed by atoms with Gasteiger partial charge in [0, 0.05) is 43.8 Å². The molecule has 204 valence electrons. The number of alkyl halides is 4. The topological polar surface area (TPSA) is 131 Å². The molecule has 1 aromatic carbocycles. The Morgan fingerprint density at radius 1 is 1.32 bits per heavy atom. The number of hydrogen-bond donors (Lipinski definition) is 3. The number of fused-ring (bicyclic) bond motifs is 2. The summed E-state index contributed by atoms with van der Waals surface area (Å²) in [4.78, 5) is 18.8. The highest BCUT2D eigenvalue weighted by Gasteiger charge is 2.47. The minimum atomic E-state index is -3.77. The highest BCUT2D eigenvalue weighted by Crippen LogP contribution is 2.45. The van der Waals surface area contributed by atoms with E-state index in [-0.39, 0.29) is 41.0 Å². The fourth-order valence-electron chi connectivity index (χ4n) is 4.50. The van der Waals surface area contributed by atoms with E-state index in [0.717, 1.165) is 23.6 Å². The van der Waals surface area contributed by atoms with Gasteiger partial charge in [0.25, 0.3) is 5.92 Å². The Labute approximate surface area is 216 Å². The van der Waals surface area contributed by atoms with Gasteiger partial charge in [-0.25, -0.2) is 13.8 Å². The van der Waals surface area contributed by atoms with Gasteiger partial charge in [-0.05, 0) is 12.5 Å². The molecule has 0 bridgehead atoms. The van der Waals surface area contributed by atoms with Crippen molar-refractivity contribution in [1.82, 2.24) is 9.88 Å². The molecule has 1 fully saturated rings. The molecule has 2 aromatic heterocycles. The quantitative estimate of drug-likeness (QED) is 0.239. The lowest BCUT2D eigenvalue weighted by molar-refractivity contribution is -0.618. The van der Waals surface area contributed by atoms with Crippen LogP contribution in [0.5, 0.6) is 11.5 Å². The third-order valence-corrected chi connectivity index (χ3v) is 7.55. The molecule has 3 atom stereocenters. The molecule has 0 saturated carbocycles. The van der Waals surface area contributed by atoms with Gasteiger partial charge in [0.15, 0.2) is 28.9 Å². The largest absolute Gasteiger partial charge is 0.618 e. The smallest absolute Gasteiger partial charge is 0.586 e. The predicted molar refractivity (Wildman–Crippen MR) is 125 cm³/mol. The number of ether oxygens (including phenoxy) is 2. The summed E-state index contributed by atoms with van der Waals surface area (Å²) in [6, 6.07) is 4.13. The van der Waals surface area contributed by atoms with E-state index in [1.807, 2.05) is 0 Å². The zero-order valence-corrected chi connectivity index (χ0v) is 20.6. The van der Waals surface area contributed by atoms with Gasteiger partial charge >= 0.3 is 6.29 Å². The first-order valence-electron chi connectivity index (χ1n) is 11.5. The van der Waals surface area contributed by atoms with Crippen LogP contribution in [0.3, 0.4) is 0 Å². The summed E-state index contributed by atoms with van der Waals surface area (Å²) in [5.74, 6) is -5.37. The molecule has 2 aliphatic rings. The van der Waals surface area contributed by atoms with Crippen LogP contribution in [0.2, 0.25) is 0 Å². The van der Waals surface area contributed by atoms with Crippen molar-refractivity contribution in [3.8, 4) is 11.5 Å². The lowest BCUT2D eigenvalue weighted by Gasteiger charge is -2.40. The molecule has 2 aliphatic heterocycles. The summed E-state index contributed by atoms with van der Waals surface area (Å²) in [5, 5.41) is 33.8. The third-order valence-electron chi connectivity index (χ3n) is 6.62. The van der Waals surface area contributed by atoms with Crippen molar-refractivity contribution >= 4 is 32.6 Å². The number of thiazole rings is 1. The highest BCUT2D eigenvalue weighted by atomic mass is 32.1. The van der Waals surface area contributed by atoms with Gasteiger partial charge in [0.05, 0.1) is 28.8 Å². The molecule has 5 rings (SSSR count). The molecule has 38 heavy (non-hydrogen) atoms. The zero-order valence-electron chi connectivity index (χ0n) is 19.7. The zero-order chi connectivity index (χ0) is 27.4. The van der Waals surface area contributed by atoms with Crippen LogP contribution >= 0.6 is 11.3 Å². The van der Waals surface area contributed by atoms with Crippen molar-refractivity contribution in [1.29, 1.82) is 0 Å². The summed E-state index contributed by atoms with van der Waals surface area (Å²) >= 11 is 1.02. The fourth-order valence-corrected chi connectivity index (χ4v) is 5.38. The van der Waals surface area contributed by atoms with Crippen LogP contribution in [0, 0.1) is 5.21 Å². The molecule has 4 heterocycles. The molecule has 10 nitrogen and oxygen atoms in total. The van der Waals surface area contributed by atoms with E-state index >= 15 is 0 Å². The Hall–Kier alpha value is -3.27. The van der Waals surface area contributed by atoms with Crippen LogP contribution in [0.1, 0.15) is 36.6 Å². The summed E-state index contributed by atoms with van der Waals surface area (Å²) in [5.41, 5.74) is 0.137. The fraction of sp³-hybridized carbons (Fsp3) is 0.435. The molecule has 1 amide bonds. The predicted octanol–water partition coefficient (Wildman–Crippen LogP) is 2.73. The second-order valence-electron chi connectivity index (χ2n) is 9.09. The number of pyridine rings is 1. The Bertz CT molecular complexity index is 1340. The van der Waals surface area contributed by atoms with Crippen molar-refractivity contribution in [2.75, 3.05) is 25.0 Å².